The van der Waals surface area contributed by atoms with Crippen molar-refractivity contribution in [2.45, 2.75) is 0 Å². The molecular formula is C14H12BrNO3S2. The lowest BCUT2D eigenvalue weighted by Gasteiger charge is -2.10. The van der Waals surface area contributed by atoms with Crippen LogP contribution in [0.15, 0.2) is 34.2 Å². The van der Waals surface area contributed by atoms with E-state index in [0.717, 1.165) is 0 Å². The number of methoxy groups -OCH3 is 1. The smallest absolute Gasteiger partial charge is 0.266 e. The van der Waals surface area contributed by atoms with Crippen LogP contribution in [-0.4, -0.2) is 33.9 Å². The van der Waals surface area contributed by atoms with Gasteiger partial charge in [-0.15, -0.1) is 6.58 Å². The highest BCUT2D eigenvalue weighted by Gasteiger charge is 2.31. The van der Waals surface area contributed by atoms with Gasteiger partial charge in [-0.05, 0) is 23.8 Å². The Morgan fingerprint density at radius 3 is 2.90 bits per heavy atom. The maximum atomic E-state index is 12.2. The Balaban J connectivity index is 2.37. The third-order valence-corrected chi connectivity index (χ3v) is 4.83. The van der Waals surface area contributed by atoms with Gasteiger partial charge in [-0.3, -0.25) is 9.69 Å². The van der Waals surface area contributed by atoms with E-state index in [1.54, 1.807) is 18.2 Å². The van der Waals surface area contributed by atoms with E-state index >= 15 is 0 Å². The van der Waals surface area contributed by atoms with E-state index in [0.29, 0.717) is 31.6 Å². The SMILES string of the molecule is C=CCN1C(=O)/C(=C/c2cc(O)c(OC)cc2Br)SC1=S. The van der Waals surface area contributed by atoms with Crippen molar-refractivity contribution in [1.29, 1.82) is 0 Å². The molecule has 1 saturated heterocycles. The van der Waals surface area contributed by atoms with Crippen LogP contribution in [0.5, 0.6) is 11.5 Å². The standard InChI is InChI=1S/C14H12BrNO3S2/c1-3-4-16-13(18)12(21-14(16)20)6-8-5-10(17)11(19-2)7-9(8)15/h3,5-7,17H,1,4H2,2H3/b12-6-. The van der Waals surface area contributed by atoms with Crippen LogP contribution in [0, 0.1) is 0 Å². The van der Waals surface area contributed by atoms with Crippen molar-refractivity contribution < 1.29 is 14.6 Å². The molecule has 1 amide bonds. The summed E-state index contributed by atoms with van der Waals surface area (Å²) in [5.41, 5.74) is 0.674. The number of thiocarbonyl (C=S) groups is 1. The van der Waals surface area contributed by atoms with Crippen molar-refractivity contribution in [3.05, 3.63) is 39.7 Å². The number of phenols is 1. The molecule has 0 atom stereocenters. The van der Waals surface area contributed by atoms with Crippen LogP contribution in [0.3, 0.4) is 0 Å². The van der Waals surface area contributed by atoms with Crippen LogP contribution >= 0.6 is 39.9 Å². The molecule has 1 aromatic rings. The van der Waals surface area contributed by atoms with Gasteiger partial charge in [0.2, 0.25) is 0 Å². The van der Waals surface area contributed by atoms with Gasteiger partial charge in [0, 0.05) is 11.0 Å². The number of nitrogens with zero attached hydrogens (tertiary/aromatic N) is 1. The molecule has 1 fully saturated rings. The molecule has 1 aliphatic heterocycles. The molecule has 1 N–H and O–H groups in total. The van der Waals surface area contributed by atoms with Crippen LogP contribution in [0.2, 0.25) is 0 Å². The fourth-order valence-corrected chi connectivity index (χ4v) is 3.46. The minimum atomic E-state index is -0.160. The number of ether oxygens (including phenoxy) is 1. The average molecular weight is 386 g/mol. The second-order valence-electron chi connectivity index (χ2n) is 4.13. The van der Waals surface area contributed by atoms with Crippen molar-refractivity contribution in [3.63, 3.8) is 0 Å². The maximum absolute atomic E-state index is 12.2. The number of rotatable bonds is 4. The first-order valence-electron chi connectivity index (χ1n) is 5.90. The summed E-state index contributed by atoms with van der Waals surface area (Å²) in [7, 11) is 1.47. The number of aromatic hydroxyl groups is 1. The highest BCUT2D eigenvalue weighted by Crippen LogP contribution is 2.37. The lowest BCUT2D eigenvalue weighted by atomic mass is 10.2. The quantitative estimate of drug-likeness (QED) is 0.487. The van der Waals surface area contributed by atoms with Crippen LogP contribution in [0.1, 0.15) is 5.56 Å². The van der Waals surface area contributed by atoms with E-state index in [9.17, 15) is 9.90 Å². The van der Waals surface area contributed by atoms with E-state index in [-0.39, 0.29) is 11.7 Å². The number of benzene rings is 1. The van der Waals surface area contributed by atoms with Crippen LogP contribution in [0.4, 0.5) is 0 Å². The highest BCUT2D eigenvalue weighted by molar-refractivity contribution is 9.10. The predicted molar refractivity (Wildman–Crippen MR) is 92.4 cm³/mol. The summed E-state index contributed by atoms with van der Waals surface area (Å²) in [6.45, 7) is 4.00. The van der Waals surface area contributed by atoms with Crippen LogP contribution in [-0.2, 0) is 4.79 Å². The fraction of sp³-hybridized carbons (Fsp3) is 0.143. The Kier molecular flexibility index (Phi) is 5.08. The number of thioether (sulfide) groups is 1. The topological polar surface area (TPSA) is 49.8 Å². The van der Waals surface area contributed by atoms with Crippen LogP contribution < -0.4 is 4.74 Å². The van der Waals surface area contributed by atoms with Gasteiger partial charge in [-0.25, -0.2) is 0 Å². The van der Waals surface area contributed by atoms with Crippen molar-refractivity contribution in [2.75, 3.05) is 13.7 Å². The summed E-state index contributed by atoms with van der Waals surface area (Å²) in [4.78, 5) is 14.2. The molecule has 110 valence electrons. The summed E-state index contributed by atoms with van der Waals surface area (Å²) < 4.78 is 6.24. The molecule has 2 rings (SSSR count). The zero-order valence-electron chi connectivity index (χ0n) is 11.1. The molecule has 1 aliphatic rings. The molecule has 21 heavy (non-hydrogen) atoms. The molecule has 0 bridgehead atoms. The molecule has 4 nitrogen and oxygen atoms in total. The van der Waals surface area contributed by atoms with Crippen molar-refractivity contribution in [3.8, 4) is 11.5 Å². The molecule has 1 aromatic carbocycles. The number of carbonyl (C=O) groups is 1. The maximum Gasteiger partial charge on any atom is 0.266 e. The van der Waals surface area contributed by atoms with Gasteiger partial charge in [-0.2, -0.15) is 0 Å². The van der Waals surface area contributed by atoms with Gasteiger partial charge in [0.05, 0.1) is 12.0 Å². The Morgan fingerprint density at radius 1 is 1.57 bits per heavy atom. The molecule has 1 heterocycles. The summed E-state index contributed by atoms with van der Waals surface area (Å²) >= 11 is 9.79. The monoisotopic (exact) mass is 385 g/mol. The normalized spacial score (nSPS) is 16.7. The minimum absolute atomic E-state index is 0.00789. The molecule has 0 spiro atoms. The fourth-order valence-electron chi connectivity index (χ4n) is 1.76. The first-order valence-corrected chi connectivity index (χ1v) is 7.92. The second-order valence-corrected chi connectivity index (χ2v) is 6.66. The van der Waals surface area contributed by atoms with Gasteiger partial charge in [0.25, 0.3) is 5.91 Å². The lowest BCUT2D eigenvalue weighted by Crippen LogP contribution is -2.27. The summed E-state index contributed by atoms with van der Waals surface area (Å²) in [6.07, 6.45) is 3.31. The van der Waals surface area contributed by atoms with E-state index in [1.807, 2.05) is 0 Å². The molecule has 0 aliphatic carbocycles. The van der Waals surface area contributed by atoms with Gasteiger partial charge in [0.15, 0.2) is 11.5 Å². The van der Waals surface area contributed by atoms with E-state index < -0.39 is 0 Å². The van der Waals surface area contributed by atoms with E-state index in [4.69, 9.17) is 17.0 Å². The third-order valence-electron chi connectivity index (χ3n) is 2.77. The van der Waals surface area contributed by atoms with Gasteiger partial charge < -0.3 is 9.84 Å². The average Bonchev–Trinajstić information content (AvgIpc) is 2.70. The highest BCUT2D eigenvalue weighted by atomic mass is 79.9. The molecule has 0 unspecified atom stereocenters. The van der Waals surface area contributed by atoms with Crippen molar-refractivity contribution in [2.24, 2.45) is 0 Å². The second kappa shape index (κ2) is 6.64. The zero-order chi connectivity index (χ0) is 15.6. The zero-order valence-corrected chi connectivity index (χ0v) is 14.3. The largest absolute Gasteiger partial charge is 0.504 e. The Hall–Kier alpha value is -1.31. The van der Waals surface area contributed by atoms with Crippen LogP contribution in [0.25, 0.3) is 6.08 Å². The predicted octanol–water partition coefficient (Wildman–Crippen LogP) is 3.55. The Morgan fingerprint density at radius 2 is 2.29 bits per heavy atom. The van der Waals surface area contributed by atoms with Crippen molar-refractivity contribution >= 4 is 56.2 Å². The number of hydrogen-bond acceptors (Lipinski definition) is 5. The first-order chi connectivity index (χ1) is 9.97. The molecule has 0 radical (unpaired) electrons. The summed E-state index contributed by atoms with van der Waals surface area (Å²) in [5.74, 6) is 0.207. The number of phenolic OH excluding ortho intramolecular Hbond substituents is 1. The number of amides is 1. The Bertz CT molecular complexity index is 658. The molecular weight excluding hydrogens is 374 g/mol. The lowest BCUT2D eigenvalue weighted by molar-refractivity contribution is -0.121. The number of hydrogen-bond donors (Lipinski definition) is 1. The first kappa shape index (κ1) is 16.1. The Labute approximate surface area is 140 Å². The van der Waals surface area contributed by atoms with Gasteiger partial charge >= 0.3 is 0 Å². The molecule has 7 heteroatoms. The molecule has 0 saturated carbocycles. The van der Waals surface area contributed by atoms with Gasteiger partial charge in [0.1, 0.15) is 4.32 Å². The van der Waals surface area contributed by atoms with E-state index in [1.165, 1.54) is 29.8 Å². The minimum Gasteiger partial charge on any atom is -0.504 e. The van der Waals surface area contributed by atoms with E-state index in [2.05, 4.69) is 22.5 Å². The number of carbonyl (C=O) groups excluding carboxylic acids is 1. The molecule has 0 aromatic heterocycles. The summed E-state index contributed by atoms with van der Waals surface area (Å²) in [6, 6.07) is 3.18. The third kappa shape index (κ3) is 3.30. The van der Waals surface area contributed by atoms with Gasteiger partial charge in [-0.1, -0.05) is 46.0 Å². The number of halogens is 1. The summed E-state index contributed by atoms with van der Waals surface area (Å²) in [5, 5.41) is 9.83. The van der Waals surface area contributed by atoms with Crippen molar-refractivity contribution in [1.82, 2.24) is 4.90 Å².